The van der Waals surface area contributed by atoms with Gasteiger partial charge in [0.05, 0.1) is 22.4 Å². The van der Waals surface area contributed by atoms with Crippen molar-refractivity contribution in [3.63, 3.8) is 0 Å². The highest BCUT2D eigenvalue weighted by atomic mass is 19.1. The zero-order valence-electron chi connectivity index (χ0n) is 42.6. The van der Waals surface area contributed by atoms with Crippen molar-refractivity contribution in [1.29, 1.82) is 0 Å². The van der Waals surface area contributed by atoms with Gasteiger partial charge in [0.1, 0.15) is 18.1 Å². The number of pyridine rings is 2. The Kier molecular flexibility index (Phi) is 14.4. The lowest BCUT2D eigenvalue weighted by Gasteiger charge is -2.37. The lowest BCUT2D eigenvalue weighted by Crippen LogP contribution is -2.46. The number of benzene rings is 2. The third kappa shape index (κ3) is 10.1. The summed E-state index contributed by atoms with van der Waals surface area (Å²) >= 11 is 0. The van der Waals surface area contributed by atoms with Crippen molar-refractivity contribution in [2.45, 2.75) is 116 Å². The van der Waals surface area contributed by atoms with E-state index in [4.69, 9.17) is 4.98 Å². The van der Waals surface area contributed by atoms with Gasteiger partial charge in [-0.2, -0.15) is 0 Å². The second-order valence-corrected chi connectivity index (χ2v) is 21.7. The Morgan fingerprint density at radius 3 is 2.42 bits per heavy atom. The third-order valence-electron chi connectivity index (χ3n) is 17.1. The molecule has 1 saturated carbocycles. The lowest BCUT2D eigenvalue weighted by atomic mass is 9.78. The molecule has 3 N–H and O–H groups in total. The fourth-order valence-electron chi connectivity index (χ4n) is 12.8. The number of fused-ring (bicyclic) bond motifs is 2. The second-order valence-electron chi connectivity index (χ2n) is 21.7. The van der Waals surface area contributed by atoms with Gasteiger partial charge in [-0.3, -0.25) is 38.0 Å². The Morgan fingerprint density at radius 2 is 1.71 bits per heavy atom. The average Bonchev–Trinajstić information content (AvgIpc) is 3.61. The Balaban J connectivity index is 0.692. The number of rotatable bonds is 13. The Bertz CT molecular complexity index is 3040. The molecule has 3 fully saturated rings. The number of ketones is 1. The molecule has 6 heterocycles. The van der Waals surface area contributed by atoms with Crippen molar-refractivity contribution in [2.75, 3.05) is 45.1 Å². The zero-order chi connectivity index (χ0) is 50.4. The molecule has 72 heavy (non-hydrogen) atoms. The van der Waals surface area contributed by atoms with Crippen LogP contribution in [-0.4, -0.2) is 97.3 Å². The number of nitrogens with zero attached hydrogens (tertiary/aromatic N) is 6. The topological polar surface area (TPSA) is 147 Å². The van der Waals surface area contributed by atoms with Crippen LogP contribution in [0.1, 0.15) is 122 Å². The minimum atomic E-state index is -0.865. The van der Waals surface area contributed by atoms with E-state index in [-0.39, 0.29) is 40.7 Å². The van der Waals surface area contributed by atoms with Crippen LogP contribution >= 0.6 is 0 Å². The van der Waals surface area contributed by atoms with Gasteiger partial charge in [-0.1, -0.05) is 19.1 Å². The minimum absolute atomic E-state index is 0.0395. The summed E-state index contributed by atoms with van der Waals surface area (Å²) in [5.74, 6) is 1.20. The zero-order valence-corrected chi connectivity index (χ0v) is 42.6. The molecule has 14 heteroatoms. The maximum Gasteiger partial charge on any atom is 0.329 e. The lowest BCUT2D eigenvalue weighted by molar-refractivity contribution is -0.130. The summed E-state index contributed by atoms with van der Waals surface area (Å²) in [6.45, 7) is 11.1. The van der Waals surface area contributed by atoms with Crippen LogP contribution in [0.4, 0.5) is 10.1 Å². The van der Waals surface area contributed by atoms with Gasteiger partial charge in [0.2, 0.25) is 5.91 Å². The van der Waals surface area contributed by atoms with E-state index in [1.807, 2.05) is 37.4 Å². The molecule has 3 aromatic heterocycles. The monoisotopic (exact) mass is 979 g/mol. The van der Waals surface area contributed by atoms with Crippen molar-refractivity contribution in [1.82, 2.24) is 33.8 Å². The molecule has 0 spiro atoms. The van der Waals surface area contributed by atoms with Crippen LogP contribution in [0.25, 0.3) is 28.4 Å². The first kappa shape index (κ1) is 49.6. The van der Waals surface area contributed by atoms with Crippen LogP contribution in [0.3, 0.4) is 0 Å². The van der Waals surface area contributed by atoms with Crippen molar-refractivity contribution >= 4 is 40.1 Å². The number of hydrogen-bond acceptors (Lipinski definition) is 9. The average molecular weight is 979 g/mol. The van der Waals surface area contributed by atoms with Crippen LogP contribution in [0.15, 0.2) is 82.2 Å². The Labute approximate surface area is 421 Å². The van der Waals surface area contributed by atoms with Crippen LogP contribution in [-0.2, 0) is 24.7 Å². The number of likely N-dealkylation sites (tertiary alicyclic amines) is 1. The number of aliphatic hydroxyl groups excluding tert-OH is 1. The van der Waals surface area contributed by atoms with Gasteiger partial charge in [-0.15, -0.1) is 0 Å². The van der Waals surface area contributed by atoms with Gasteiger partial charge < -0.3 is 20.6 Å². The van der Waals surface area contributed by atoms with Gasteiger partial charge in [0, 0.05) is 87.0 Å². The van der Waals surface area contributed by atoms with E-state index in [2.05, 4.69) is 58.6 Å². The number of nitrogens with one attached hydrogen (secondary N) is 2. The number of carbonyl (C=O) groups is 2. The molecule has 3 aliphatic heterocycles. The largest absolute Gasteiger partial charge is 0.388 e. The second kappa shape index (κ2) is 20.9. The van der Waals surface area contributed by atoms with Crippen molar-refractivity contribution in [3.8, 4) is 5.69 Å². The van der Waals surface area contributed by atoms with E-state index in [0.29, 0.717) is 61.1 Å². The quantitative estimate of drug-likeness (QED) is 0.0994. The summed E-state index contributed by atoms with van der Waals surface area (Å²) in [5, 5.41) is 15.5. The standard InChI is InChI=1S/C58H71FN8O5/c1-35-27-48-46(49(14-20-61-48)66-25-19-44(60-4)32-55(66)70)33-45(35)37(3)65-23-17-42(18-24-65)56-36(2)26-43(31-47(56)59)53(68)30-38-6-8-40(9-7-38)34-64-21-15-39(16-22-64)28-41-10-11-50-52(29-41)63(5)58(72)67(50)51-12-13-54(69)62-57(51)71/h10-11,14,17,19-20,25-26,29,31-33,35,37-40,51,54,60,69H,6-9,12-13,15-16,18,21-24,27-28,30,34H2,1-5H3,(H,62,71)/t35?,37-,38?,40?,51?,54?/m0/s1. The van der Waals surface area contributed by atoms with Gasteiger partial charge in [0.15, 0.2) is 5.78 Å². The van der Waals surface area contributed by atoms with Crippen LogP contribution < -0.4 is 21.9 Å². The number of piperidine rings is 2. The molecule has 2 saturated heterocycles. The molecule has 380 valence electrons. The predicted molar refractivity (Wildman–Crippen MR) is 282 cm³/mol. The van der Waals surface area contributed by atoms with Gasteiger partial charge in [-0.05, 0) is 186 Å². The number of aliphatic hydroxyl groups is 1. The maximum absolute atomic E-state index is 16.1. The molecular formula is C58H71FN8O5. The molecule has 0 bridgehead atoms. The molecule has 3 unspecified atom stereocenters. The van der Waals surface area contributed by atoms with Gasteiger partial charge in [-0.25, -0.2) is 9.18 Å². The molecule has 4 atom stereocenters. The summed E-state index contributed by atoms with van der Waals surface area (Å²) in [7, 11) is 3.56. The highest BCUT2D eigenvalue weighted by Gasteiger charge is 2.33. The van der Waals surface area contributed by atoms with E-state index in [1.54, 1.807) is 40.1 Å². The first-order chi connectivity index (χ1) is 34.7. The molecule has 5 aliphatic rings. The number of halogens is 1. The van der Waals surface area contributed by atoms with E-state index >= 15 is 4.39 Å². The Hall–Kier alpha value is -5.96. The molecule has 10 rings (SSSR count). The first-order valence-corrected chi connectivity index (χ1v) is 26.5. The summed E-state index contributed by atoms with van der Waals surface area (Å²) in [4.78, 5) is 62.6. The molecule has 2 aliphatic carbocycles. The van der Waals surface area contributed by atoms with Crippen LogP contribution in [0.5, 0.6) is 0 Å². The third-order valence-corrected chi connectivity index (χ3v) is 17.1. The number of aryl methyl sites for hydroxylation is 2. The number of carbonyl (C=O) groups excluding carboxylic acids is 2. The molecule has 0 radical (unpaired) electrons. The predicted octanol–water partition coefficient (Wildman–Crippen LogP) is 8.23. The number of aromatic nitrogens is 4. The summed E-state index contributed by atoms with van der Waals surface area (Å²) in [6, 6.07) is 14.5. The van der Waals surface area contributed by atoms with Crippen molar-refractivity contribution in [3.05, 3.63) is 133 Å². The molecule has 5 aromatic rings. The first-order valence-electron chi connectivity index (χ1n) is 26.5. The number of anilines is 1. The van der Waals surface area contributed by atoms with Crippen molar-refractivity contribution in [2.24, 2.45) is 30.7 Å². The fraction of sp³-hybridized carbons (Fsp3) is 0.500. The SMILES string of the molecule is CNc1ccn(-c2ccnc3c2C=C([C@H](C)N2CC=C(c4c(C)cc(C(=O)CC5CCC(CN6CCC(Cc7ccc8c(c7)n(C)c(=O)n8C7CCC(O)NC7=O)CC6)CC5)cc4F)CC2)C(C)C3)c(=O)c1. The van der Waals surface area contributed by atoms with Gasteiger partial charge >= 0.3 is 5.69 Å². The number of imidazole rings is 1. The van der Waals surface area contributed by atoms with Crippen LogP contribution in [0, 0.1) is 36.4 Å². The van der Waals surface area contributed by atoms with Crippen LogP contribution in [0.2, 0.25) is 0 Å². The number of Topliss-reactive ketones (excluding diaryl/α,β-unsaturated/α-hetero) is 1. The smallest absolute Gasteiger partial charge is 0.329 e. The highest BCUT2D eigenvalue weighted by Crippen LogP contribution is 2.38. The molecular weight excluding hydrogens is 908 g/mol. The number of hydrogen-bond donors (Lipinski definition) is 3. The number of amides is 1. The van der Waals surface area contributed by atoms with E-state index < -0.39 is 12.3 Å². The molecule has 13 nitrogen and oxygen atoms in total. The summed E-state index contributed by atoms with van der Waals surface area (Å²) in [6.07, 6.45) is 17.4. The van der Waals surface area contributed by atoms with Crippen molar-refractivity contribution < 1.29 is 19.1 Å². The summed E-state index contributed by atoms with van der Waals surface area (Å²) in [5.41, 5.74) is 10.3. The maximum atomic E-state index is 16.1. The molecule has 2 aromatic carbocycles. The highest BCUT2D eigenvalue weighted by molar-refractivity contribution is 5.97. The Morgan fingerprint density at radius 1 is 0.931 bits per heavy atom. The normalized spacial score (nSPS) is 23.8. The molecule has 1 amide bonds. The van der Waals surface area contributed by atoms with E-state index in [0.717, 1.165) is 122 Å². The van der Waals surface area contributed by atoms with E-state index in [1.165, 1.54) is 17.2 Å². The summed E-state index contributed by atoms with van der Waals surface area (Å²) < 4.78 is 21.0. The van der Waals surface area contributed by atoms with Gasteiger partial charge in [0.25, 0.3) is 5.56 Å². The van der Waals surface area contributed by atoms with E-state index in [9.17, 15) is 24.3 Å². The minimum Gasteiger partial charge on any atom is -0.388 e. The fourth-order valence-corrected chi connectivity index (χ4v) is 12.8.